The van der Waals surface area contributed by atoms with Gasteiger partial charge in [-0.05, 0) is 58.5 Å². The summed E-state index contributed by atoms with van der Waals surface area (Å²) in [6.45, 7) is 13.0. The second-order valence-corrected chi connectivity index (χ2v) is 6.19. The third-order valence-corrected chi connectivity index (χ3v) is 4.28. The largest absolute Gasteiger partial charge is 0.314 e. The molecule has 0 amide bonds. The molecule has 0 spiro atoms. The van der Waals surface area contributed by atoms with Gasteiger partial charge < -0.3 is 10.2 Å². The lowest BCUT2D eigenvalue weighted by Gasteiger charge is -2.37. The molecule has 2 heteroatoms. The summed E-state index contributed by atoms with van der Waals surface area (Å²) < 4.78 is 0. The fourth-order valence-corrected chi connectivity index (χ4v) is 3.17. The Morgan fingerprint density at radius 1 is 1.11 bits per heavy atom. The highest BCUT2D eigenvalue weighted by atomic mass is 15.1. The molecule has 2 atom stereocenters. The maximum atomic E-state index is 3.78. The predicted octanol–water partition coefficient (Wildman–Crippen LogP) is 3.67. The average Bonchev–Trinajstić information content (AvgIpc) is 2.37. The molecular weight excluding hydrogens is 220 g/mol. The number of rotatable bonds is 8. The fourth-order valence-electron chi connectivity index (χ4n) is 3.17. The molecule has 0 heterocycles. The minimum atomic E-state index is 0.693. The molecule has 18 heavy (non-hydrogen) atoms. The van der Waals surface area contributed by atoms with Gasteiger partial charge in [-0.3, -0.25) is 0 Å². The van der Waals surface area contributed by atoms with Crippen LogP contribution < -0.4 is 5.32 Å². The van der Waals surface area contributed by atoms with Gasteiger partial charge in [0.15, 0.2) is 0 Å². The van der Waals surface area contributed by atoms with Gasteiger partial charge in [0.2, 0.25) is 0 Å². The van der Waals surface area contributed by atoms with Crippen LogP contribution in [-0.2, 0) is 0 Å². The maximum absolute atomic E-state index is 3.78. The van der Waals surface area contributed by atoms with Gasteiger partial charge in [-0.25, -0.2) is 0 Å². The summed E-state index contributed by atoms with van der Waals surface area (Å²) in [5.41, 5.74) is 0. The Morgan fingerprint density at radius 2 is 1.83 bits per heavy atom. The first-order valence-electron chi connectivity index (χ1n) is 8.16. The molecule has 0 aliphatic heterocycles. The first-order valence-corrected chi connectivity index (χ1v) is 8.16. The molecule has 0 saturated heterocycles. The normalized spacial score (nSPS) is 25.0. The van der Waals surface area contributed by atoms with E-state index in [9.17, 15) is 0 Å². The van der Waals surface area contributed by atoms with E-state index in [1.165, 1.54) is 58.2 Å². The highest BCUT2D eigenvalue weighted by Gasteiger charge is 2.26. The third kappa shape index (κ3) is 5.27. The van der Waals surface area contributed by atoms with E-state index in [0.717, 1.165) is 12.0 Å². The minimum absolute atomic E-state index is 0.693. The molecule has 0 aromatic rings. The predicted molar refractivity (Wildman–Crippen MR) is 81.0 cm³/mol. The van der Waals surface area contributed by atoms with Crippen molar-refractivity contribution in [3.05, 3.63) is 0 Å². The highest BCUT2D eigenvalue weighted by molar-refractivity contribution is 4.83. The molecule has 0 aromatic heterocycles. The Kier molecular flexibility index (Phi) is 7.92. The van der Waals surface area contributed by atoms with E-state index < -0.39 is 0 Å². The zero-order valence-electron chi connectivity index (χ0n) is 13.0. The number of nitrogens with one attached hydrogen (secondary N) is 1. The van der Waals surface area contributed by atoms with Gasteiger partial charge in [0.1, 0.15) is 0 Å². The summed E-state index contributed by atoms with van der Waals surface area (Å²) in [6, 6.07) is 1.47. The van der Waals surface area contributed by atoms with Crippen molar-refractivity contribution >= 4 is 0 Å². The van der Waals surface area contributed by atoms with E-state index in [2.05, 4.69) is 37.9 Å². The Labute approximate surface area is 115 Å². The molecule has 1 N–H and O–H groups in total. The van der Waals surface area contributed by atoms with Crippen LogP contribution in [0.15, 0.2) is 0 Å². The number of nitrogens with zero attached hydrogens (tertiary/aromatic N) is 1. The monoisotopic (exact) mass is 254 g/mol. The second kappa shape index (κ2) is 8.92. The molecule has 1 fully saturated rings. The molecule has 2 unspecified atom stereocenters. The van der Waals surface area contributed by atoms with Crippen LogP contribution in [0.5, 0.6) is 0 Å². The standard InChI is InChI=1S/C16H34N2/c1-5-11-17-16-10-8-7-9-15(16)13-18(12-6-2)14(3)4/h14-17H,5-13H2,1-4H3. The Balaban J connectivity index is 2.48. The lowest BCUT2D eigenvalue weighted by Crippen LogP contribution is -2.46. The summed E-state index contributed by atoms with van der Waals surface area (Å²) in [7, 11) is 0. The highest BCUT2D eigenvalue weighted by Crippen LogP contribution is 2.26. The van der Waals surface area contributed by atoms with Crippen LogP contribution in [0.25, 0.3) is 0 Å². The summed E-state index contributed by atoms with van der Waals surface area (Å²) in [6.07, 6.45) is 8.21. The van der Waals surface area contributed by atoms with Gasteiger partial charge in [0, 0.05) is 18.6 Å². The molecule has 1 aliphatic rings. The van der Waals surface area contributed by atoms with E-state index in [4.69, 9.17) is 0 Å². The van der Waals surface area contributed by atoms with E-state index >= 15 is 0 Å². The Bertz CT molecular complexity index is 203. The van der Waals surface area contributed by atoms with Gasteiger partial charge >= 0.3 is 0 Å². The minimum Gasteiger partial charge on any atom is -0.314 e. The van der Waals surface area contributed by atoms with Crippen LogP contribution in [0, 0.1) is 5.92 Å². The SMILES string of the molecule is CCCNC1CCCCC1CN(CCC)C(C)C. The topological polar surface area (TPSA) is 15.3 Å². The van der Waals surface area contributed by atoms with Crippen LogP contribution in [-0.4, -0.2) is 36.6 Å². The smallest absolute Gasteiger partial charge is 0.0107 e. The van der Waals surface area contributed by atoms with Crippen LogP contribution in [0.4, 0.5) is 0 Å². The maximum Gasteiger partial charge on any atom is 0.0107 e. The summed E-state index contributed by atoms with van der Waals surface area (Å²) >= 11 is 0. The first kappa shape index (κ1) is 16.0. The van der Waals surface area contributed by atoms with E-state index in [1.807, 2.05) is 0 Å². The van der Waals surface area contributed by atoms with Crippen molar-refractivity contribution in [1.29, 1.82) is 0 Å². The molecule has 1 rings (SSSR count). The van der Waals surface area contributed by atoms with Crippen LogP contribution in [0.3, 0.4) is 0 Å². The van der Waals surface area contributed by atoms with Crippen molar-refractivity contribution in [2.24, 2.45) is 5.92 Å². The lowest BCUT2D eigenvalue weighted by atomic mass is 9.83. The fraction of sp³-hybridized carbons (Fsp3) is 1.00. The van der Waals surface area contributed by atoms with Gasteiger partial charge in [0.25, 0.3) is 0 Å². The average molecular weight is 254 g/mol. The molecular formula is C16H34N2. The van der Waals surface area contributed by atoms with Gasteiger partial charge in [-0.1, -0.05) is 26.7 Å². The van der Waals surface area contributed by atoms with Crippen LogP contribution >= 0.6 is 0 Å². The zero-order valence-corrected chi connectivity index (χ0v) is 13.0. The molecule has 0 radical (unpaired) electrons. The molecule has 1 aliphatic carbocycles. The van der Waals surface area contributed by atoms with E-state index in [0.29, 0.717) is 6.04 Å². The number of hydrogen-bond acceptors (Lipinski definition) is 2. The second-order valence-electron chi connectivity index (χ2n) is 6.19. The quantitative estimate of drug-likeness (QED) is 0.711. The molecule has 2 nitrogen and oxygen atoms in total. The van der Waals surface area contributed by atoms with E-state index in [-0.39, 0.29) is 0 Å². The zero-order chi connectivity index (χ0) is 13.4. The molecule has 108 valence electrons. The summed E-state index contributed by atoms with van der Waals surface area (Å²) in [5.74, 6) is 0.874. The van der Waals surface area contributed by atoms with Crippen molar-refractivity contribution in [3.63, 3.8) is 0 Å². The Hall–Kier alpha value is -0.0800. The first-order chi connectivity index (χ1) is 8.69. The van der Waals surface area contributed by atoms with Crippen molar-refractivity contribution < 1.29 is 0 Å². The van der Waals surface area contributed by atoms with Gasteiger partial charge in [-0.15, -0.1) is 0 Å². The summed E-state index contributed by atoms with van der Waals surface area (Å²) in [5, 5.41) is 3.78. The van der Waals surface area contributed by atoms with Crippen molar-refractivity contribution in [2.45, 2.75) is 78.3 Å². The molecule has 0 aromatic carbocycles. The third-order valence-electron chi connectivity index (χ3n) is 4.28. The van der Waals surface area contributed by atoms with E-state index in [1.54, 1.807) is 0 Å². The number of hydrogen-bond donors (Lipinski definition) is 1. The lowest BCUT2D eigenvalue weighted by molar-refractivity contribution is 0.141. The van der Waals surface area contributed by atoms with Gasteiger partial charge in [-0.2, -0.15) is 0 Å². The molecule has 1 saturated carbocycles. The van der Waals surface area contributed by atoms with Crippen molar-refractivity contribution in [2.75, 3.05) is 19.6 Å². The Morgan fingerprint density at radius 3 is 2.44 bits per heavy atom. The summed E-state index contributed by atoms with van der Waals surface area (Å²) in [4.78, 5) is 2.68. The van der Waals surface area contributed by atoms with Crippen molar-refractivity contribution in [3.8, 4) is 0 Å². The van der Waals surface area contributed by atoms with Gasteiger partial charge in [0.05, 0.1) is 0 Å². The van der Waals surface area contributed by atoms with Crippen LogP contribution in [0.1, 0.15) is 66.2 Å². The van der Waals surface area contributed by atoms with Crippen molar-refractivity contribution in [1.82, 2.24) is 10.2 Å². The van der Waals surface area contributed by atoms with Crippen LogP contribution in [0.2, 0.25) is 0 Å². The molecule has 0 bridgehead atoms.